The van der Waals surface area contributed by atoms with Gasteiger partial charge in [0.1, 0.15) is 0 Å². The molecule has 0 spiro atoms. The first-order valence-corrected chi connectivity index (χ1v) is 6.65. The van der Waals surface area contributed by atoms with Crippen molar-refractivity contribution in [2.45, 2.75) is 6.04 Å². The molecule has 5 heteroatoms. The summed E-state index contributed by atoms with van der Waals surface area (Å²) in [7, 11) is 1.90. The average molecular weight is 392 g/mol. The largest absolute Gasteiger partial charge is 0.319 e. The van der Waals surface area contributed by atoms with Crippen LogP contribution in [0.25, 0.3) is 0 Å². The van der Waals surface area contributed by atoms with E-state index in [0.717, 1.165) is 15.7 Å². The van der Waals surface area contributed by atoms with E-state index in [1.807, 2.05) is 19.2 Å². The molecule has 1 heterocycles. The number of hydrogen-bond acceptors (Lipinski definition) is 2. The van der Waals surface area contributed by atoms with Gasteiger partial charge in [-0.2, -0.15) is 5.10 Å². The van der Waals surface area contributed by atoms with Crippen molar-refractivity contribution in [2.24, 2.45) is 12.8 Å². The number of nitrogens with zero attached hydrogens (tertiary/aromatic N) is 2. The van der Waals surface area contributed by atoms with E-state index in [9.17, 15) is 0 Å². The Morgan fingerprint density at radius 3 is 2.50 bits per heavy atom. The van der Waals surface area contributed by atoms with E-state index in [1.54, 1.807) is 10.9 Å². The Hall–Kier alpha value is -0.400. The predicted octanol–water partition coefficient (Wildman–Crippen LogP) is 2.84. The maximum Gasteiger partial charge on any atom is 0.0735 e. The van der Waals surface area contributed by atoms with E-state index < -0.39 is 0 Å². The monoisotopic (exact) mass is 391 g/mol. The zero-order valence-electron chi connectivity index (χ0n) is 8.69. The van der Waals surface area contributed by atoms with Crippen LogP contribution in [0.5, 0.6) is 0 Å². The van der Waals surface area contributed by atoms with Crippen molar-refractivity contribution in [2.75, 3.05) is 0 Å². The van der Waals surface area contributed by atoms with Crippen molar-refractivity contribution in [3.05, 3.63) is 49.8 Å². The lowest BCUT2D eigenvalue weighted by atomic mass is 10.1. The third-order valence-electron chi connectivity index (χ3n) is 2.46. The van der Waals surface area contributed by atoms with Crippen molar-refractivity contribution < 1.29 is 0 Å². The van der Waals surface area contributed by atoms with Crippen molar-refractivity contribution >= 4 is 38.5 Å². The summed E-state index contributed by atoms with van der Waals surface area (Å²) in [5.74, 6) is 0. The summed E-state index contributed by atoms with van der Waals surface area (Å²) >= 11 is 5.74. The fourth-order valence-electron chi connectivity index (χ4n) is 1.60. The lowest BCUT2D eigenvalue weighted by Gasteiger charge is -2.13. The minimum Gasteiger partial charge on any atom is -0.319 e. The van der Waals surface area contributed by atoms with E-state index in [0.29, 0.717) is 0 Å². The number of rotatable bonds is 2. The summed E-state index contributed by atoms with van der Waals surface area (Å²) in [6.45, 7) is 0. The van der Waals surface area contributed by atoms with Gasteiger partial charge in [0.05, 0.1) is 22.4 Å². The molecule has 16 heavy (non-hydrogen) atoms. The number of benzene rings is 1. The Morgan fingerprint density at radius 1 is 1.38 bits per heavy atom. The third-order valence-corrected chi connectivity index (χ3v) is 3.79. The molecule has 0 saturated carbocycles. The van der Waals surface area contributed by atoms with Gasteiger partial charge in [0.2, 0.25) is 0 Å². The minimum atomic E-state index is -0.154. The van der Waals surface area contributed by atoms with Gasteiger partial charge in [0.25, 0.3) is 0 Å². The Morgan fingerprint density at radius 2 is 2.00 bits per heavy atom. The van der Waals surface area contributed by atoms with E-state index in [-0.39, 0.29) is 6.04 Å². The van der Waals surface area contributed by atoms with Crippen molar-refractivity contribution in [3.63, 3.8) is 0 Å². The lowest BCUT2D eigenvalue weighted by Crippen LogP contribution is -2.16. The quantitative estimate of drug-likeness (QED) is 0.800. The van der Waals surface area contributed by atoms with Crippen LogP contribution in [-0.4, -0.2) is 9.78 Å². The molecule has 0 bridgehead atoms. The van der Waals surface area contributed by atoms with Crippen LogP contribution in [0.2, 0.25) is 0 Å². The van der Waals surface area contributed by atoms with Crippen LogP contribution in [0.3, 0.4) is 0 Å². The van der Waals surface area contributed by atoms with Crippen molar-refractivity contribution in [3.8, 4) is 0 Å². The smallest absolute Gasteiger partial charge is 0.0735 e. The van der Waals surface area contributed by atoms with Crippen LogP contribution in [0.4, 0.5) is 0 Å². The fraction of sp³-hybridized carbons (Fsp3) is 0.182. The maximum atomic E-state index is 6.22. The number of aryl methyl sites for hydroxylation is 1. The maximum absolute atomic E-state index is 6.22. The van der Waals surface area contributed by atoms with Crippen LogP contribution in [0.15, 0.2) is 34.9 Å². The van der Waals surface area contributed by atoms with Crippen LogP contribution in [0.1, 0.15) is 17.3 Å². The number of hydrogen-bond donors (Lipinski definition) is 1. The molecule has 0 fully saturated rings. The first-order chi connectivity index (χ1) is 7.59. The average Bonchev–Trinajstić information content (AvgIpc) is 2.59. The van der Waals surface area contributed by atoms with Gasteiger partial charge in [0.15, 0.2) is 0 Å². The van der Waals surface area contributed by atoms with Crippen LogP contribution in [0, 0.1) is 3.57 Å². The molecule has 0 aliphatic rings. The molecule has 1 aromatic heterocycles. The van der Waals surface area contributed by atoms with E-state index in [2.05, 4.69) is 55.8 Å². The van der Waals surface area contributed by atoms with Gasteiger partial charge in [-0.25, -0.2) is 0 Å². The second kappa shape index (κ2) is 4.85. The first-order valence-electron chi connectivity index (χ1n) is 4.78. The summed E-state index contributed by atoms with van der Waals surface area (Å²) in [5, 5.41) is 4.17. The third kappa shape index (κ3) is 2.31. The molecule has 2 rings (SSSR count). The van der Waals surface area contributed by atoms with Gasteiger partial charge >= 0.3 is 0 Å². The van der Waals surface area contributed by atoms with Crippen molar-refractivity contribution in [1.82, 2.24) is 9.78 Å². The van der Waals surface area contributed by atoms with Crippen LogP contribution in [-0.2, 0) is 7.05 Å². The number of aromatic nitrogens is 2. The highest BCUT2D eigenvalue weighted by molar-refractivity contribution is 14.1. The summed E-state index contributed by atoms with van der Waals surface area (Å²) in [5.41, 5.74) is 8.29. The van der Waals surface area contributed by atoms with E-state index >= 15 is 0 Å². The molecule has 0 saturated heterocycles. The topological polar surface area (TPSA) is 43.8 Å². The molecule has 1 aromatic carbocycles. The SMILES string of the molecule is Cn1ncc(Br)c1C(N)c1ccc(I)cc1. The Kier molecular flexibility index (Phi) is 3.66. The number of nitrogens with two attached hydrogens (primary N) is 1. The normalized spacial score (nSPS) is 12.8. The second-order valence-corrected chi connectivity index (χ2v) is 5.63. The summed E-state index contributed by atoms with van der Waals surface area (Å²) in [6.07, 6.45) is 1.77. The Bertz CT molecular complexity index is 473. The molecule has 2 aromatic rings. The predicted molar refractivity (Wildman–Crippen MR) is 76.1 cm³/mol. The zero-order valence-corrected chi connectivity index (χ0v) is 12.4. The standard InChI is InChI=1S/C11H11BrIN3/c1-16-11(9(12)6-15-16)10(14)7-2-4-8(13)5-3-7/h2-6,10H,14H2,1H3. The zero-order chi connectivity index (χ0) is 11.7. The Balaban J connectivity index is 2.39. The molecule has 1 atom stereocenters. The van der Waals surface area contributed by atoms with Gasteiger partial charge < -0.3 is 5.73 Å². The first kappa shape index (κ1) is 12.1. The van der Waals surface area contributed by atoms with Gasteiger partial charge in [-0.05, 0) is 56.2 Å². The van der Waals surface area contributed by atoms with Gasteiger partial charge in [-0.3, -0.25) is 4.68 Å². The highest BCUT2D eigenvalue weighted by atomic mass is 127. The molecular formula is C11H11BrIN3. The van der Waals surface area contributed by atoms with Crippen LogP contribution < -0.4 is 5.73 Å². The highest BCUT2D eigenvalue weighted by Crippen LogP contribution is 2.26. The fourth-order valence-corrected chi connectivity index (χ4v) is 2.55. The summed E-state index contributed by atoms with van der Waals surface area (Å²) in [6, 6.07) is 8.05. The molecule has 0 aliphatic carbocycles. The van der Waals surface area contributed by atoms with Crippen molar-refractivity contribution in [1.29, 1.82) is 0 Å². The van der Waals surface area contributed by atoms with Gasteiger partial charge in [-0.1, -0.05) is 12.1 Å². The summed E-state index contributed by atoms with van der Waals surface area (Å²) in [4.78, 5) is 0. The van der Waals surface area contributed by atoms with Gasteiger partial charge in [-0.15, -0.1) is 0 Å². The lowest BCUT2D eigenvalue weighted by molar-refractivity contribution is 0.671. The molecular weight excluding hydrogens is 381 g/mol. The molecule has 1 unspecified atom stereocenters. The summed E-state index contributed by atoms with van der Waals surface area (Å²) < 4.78 is 3.95. The molecule has 84 valence electrons. The van der Waals surface area contributed by atoms with E-state index in [1.165, 1.54) is 3.57 Å². The molecule has 0 amide bonds. The molecule has 3 nitrogen and oxygen atoms in total. The van der Waals surface area contributed by atoms with E-state index in [4.69, 9.17) is 5.73 Å². The van der Waals surface area contributed by atoms with Gasteiger partial charge in [0, 0.05) is 10.6 Å². The second-order valence-electron chi connectivity index (χ2n) is 3.53. The molecule has 0 radical (unpaired) electrons. The van der Waals surface area contributed by atoms with Crippen LogP contribution >= 0.6 is 38.5 Å². The number of halogens is 2. The molecule has 0 aliphatic heterocycles. The Labute approximate surface area is 116 Å². The molecule has 2 N–H and O–H groups in total. The highest BCUT2D eigenvalue weighted by Gasteiger charge is 2.16. The minimum absolute atomic E-state index is 0.154.